The molecule has 21 nitrogen and oxygen atoms in total. The number of H-pyrrole nitrogens is 1. The number of aromatic nitrogens is 6. The lowest BCUT2D eigenvalue weighted by Gasteiger charge is -2.32. The Morgan fingerprint density at radius 1 is 0.821 bits per heavy atom. The number of amides is 4. The lowest BCUT2D eigenvalue weighted by atomic mass is 10.2. The SMILES string of the molecule is COc1ccc(CNC(=O)CSc2nc(=O)[nH]c(COCCOCCOCCOCCn3cc(COc4ccc(NC(=O)Nc5nc(CC(=O)N6CCN(C)CC6)cs5)cc4)nn3)c2C)cc1. The van der Waals surface area contributed by atoms with E-state index in [9.17, 15) is 19.2 Å². The third-order valence-electron chi connectivity index (χ3n) is 10.1. The van der Waals surface area contributed by atoms with Gasteiger partial charge in [0.15, 0.2) is 5.13 Å². The van der Waals surface area contributed by atoms with Crippen LogP contribution in [0.5, 0.6) is 11.5 Å². The van der Waals surface area contributed by atoms with E-state index in [4.69, 9.17) is 28.4 Å². The van der Waals surface area contributed by atoms with Crippen LogP contribution in [0.25, 0.3) is 0 Å². The maximum Gasteiger partial charge on any atom is 0.346 e. The van der Waals surface area contributed by atoms with Crippen molar-refractivity contribution in [3.8, 4) is 11.5 Å². The summed E-state index contributed by atoms with van der Waals surface area (Å²) in [6.45, 7) is 8.90. The first-order valence-corrected chi connectivity index (χ1v) is 23.5. The number of ether oxygens (including phenoxy) is 6. The molecule has 0 atom stereocenters. The number of hydrogen-bond donors (Lipinski definition) is 4. The fourth-order valence-corrected chi connectivity index (χ4v) is 7.86. The van der Waals surface area contributed by atoms with E-state index in [-0.39, 0.29) is 37.2 Å². The number of methoxy groups -OCH3 is 1. The van der Waals surface area contributed by atoms with Gasteiger partial charge in [-0.3, -0.25) is 14.9 Å². The number of urea groups is 1. The molecule has 1 fully saturated rings. The van der Waals surface area contributed by atoms with Crippen LogP contribution in [0.2, 0.25) is 0 Å². The van der Waals surface area contributed by atoms with Crippen molar-refractivity contribution < 1.29 is 42.8 Å². The van der Waals surface area contributed by atoms with Crippen molar-refractivity contribution in [1.29, 1.82) is 0 Å². The van der Waals surface area contributed by atoms with Gasteiger partial charge in [0, 0.05) is 49.4 Å². The molecule has 0 radical (unpaired) electrons. The number of thioether (sulfide) groups is 1. The lowest BCUT2D eigenvalue weighted by Crippen LogP contribution is -2.47. The van der Waals surface area contributed by atoms with Gasteiger partial charge >= 0.3 is 11.7 Å². The smallest absolute Gasteiger partial charge is 0.346 e. The van der Waals surface area contributed by atoms with Crippen molar-refractivity contribution in [2.24, 2.45) is 0 Å². The van der Waals surface area contributed by atoms with Crippen LogP contribution in [0.1, 0.15) is 28.2 Å². The second-order valence-corrected chi connectivity index (χ2v) is 16.9. The predicted molar refractivity (Wildman–Crippen MR) is 251 cm³/mol. The standard InChI is InChI=1S/C44H57N11O10S2/c1-31-38(48-43(59)49-41(31)66-30-39(56)45-25-32-4-8-36(60-3)9-5-32)28-64-23-22-63-21-20-62-19-18-61-17-16-55-26-35(51-52-55)27-65-37-10-6-33(7-11-37)46-42(58)50-44-47-34(29-67-44)24-40(57)54-14-12-53(2)13-15-54/h4-11,26,29H,12-25,27-28,30H2,1-3H3,(H,45,56)(H,48,49,59)(H2,46,47,50,58). The zero-order valence-electron chi connectivity index (χ0n) is 37.8. The van der Waals surface area contributed by atoms with Gasteiger partial charge in [-0.15, -0.1) is 16.4 Å². The molecule has 0 aliphatic carbocycles. The Morgan fingerprint density at radius 2 is 1.51 bits per heavy atom. The zero-order valence-corrected chi connectivity index (χ0v) is 39.5. The molecule has 360 valence electrons. The predicted octanol–water partition coefficient (Wildman–Crippen LogP) is 3.35. The fourth-order valence-electron chi connectivity index (χ4n) is 6.30. The molecule has 6 rings (SSSR count). The summed E-state index contributed by atoms with van der Waals surface area (Å²) in [6.07, 6.45) is 1.99. The molecule has 4 amide bonds. The topological polar surface area (TPSA) is 239 Å². The van der Waals surface area contributed by atoms with Crippen LogP contribution < -0.4 is 31.1 Å². The maximum absolute atomic E-state index is 12.6. The first-order chi connectivity index (χ1) is 32.6. The Morgan fingerprint density at radius 3 is 2.22 bits per heavy atom. The number of benzene rings is 2. The lowest BCUT2D eigenvalue weighted by molar-refractivity contribution is -0.132. The molecule has 1 aliphatic rings. The van der Waals surface area contributed by atoms with E-state index in [1.54, 1.807) is 47.6 Å². The summed E-state index contributed by atoms with van der Waals surface area (Å²) in [5.41, 5.74) is 3.63. The highest BCUT2D eigenvalue weighted by Gasteiger charge is 2.20. The molecule has 2 aromatic carbocycles. The van der Waals surface area contributed by atoms with Crippen LogP contribution in [0.4, 0.5) is 15.6 Å². The van der Waals surface area contributed by atoms with Gasteiger partial charge in [-0.25, -0.2) is 19.3 Å². The zero-order chi connectivity index (χ0) is 47.2. The van der Waals surface area contributed by atoms with Crippen molar-refractivity contribution >= 4 is 51.8 Å². The van der Waals surface area contributed by atoms with Crippen LogP contribution in [0.15, 0.2) is 69.9 Å². The molecule has 1 saturated heterocycles. The van der Waals surface area contributed by atoms with Crippen LogP contribution in [-0.2, 0) is 61.3 Å². The highest BCUT2D eigenvalue weighted by molar-refractivity contribution is 7.99. The minimum atomic E-state index is -0.506. The largest absolute Gasteiger partial charge is 0.497 e. The number of carbonyl (C=O) groups is 3. The van der Waals surface area contributed by atoms with Crippen LogP contribution in [0, 0.1) is 6.92 Å². The number of thiazole rings is 1. The molecule has 0 spiro atoms. The van der Waals surface area contributed by atoms with Gasteiger partial charge in [0.2, 0.25) is 11.8 Å². The number of carbonyl (C=O) groups excluding carboxylic acids is 3. The summed E-state index contributed by atoms with van der Waals surface area (Å²) >= 11 is 2.47. The Kier molecular flexibility index (Phi) is 20.3. The van der Waals surface area contributed by atoms with E-state index in [1.165, 1.54) is 23.1 Å². The van der Waals surface area contributed by atoms with Crippen molar-refractivity contribution in [1.82, 2.24) is 45.1 Å². The molecule has 0 bridgehead atoms. The number of likely N-dealkylation sites (N-methyl/N-ethyl adjacent to an activating group) is 1. The first-order valence-electron chi connectivity index (χ1n) is 21.6. The molecule has 4 N–H and O–H groups in total. The molecule has 4 heterocycles. The highest BCUT2D eigenvalue weighted by Crippen LogP contribution is 2.22. The van der Waals surface area contributed by atoms with Gasteiger partial charge in [-0.1, -0.05) is 29.1 Å². The summed E-state index contributed by atoms with van der Waals surface area (Å²) in [5.74, 6) is 1.32. The van der Waals surface area contributed by atoms with Crippen molar-refractivity contribution in [3.05, 3.63) is 98.8 Å². The van der Waals surface area contributed by atoms with E-state index in [0.717, 1.165) is 30.0 Å². The first kappa shape index (κ1) is 50.5. The van der Waals surface area contributed by atoms with Crippen LogP contribution >= 0.6 is 23.1 Å². The van der Waals surface area contributed by atoms with E-state index >= 15 is 0 Å². The summed E-state index contributed by atoms with van der Waals surface area (Å²) in [5, 5.41) is 19.3. The van der Waals surface area contributed by atoms with Crippen molar-refractivity contribution in [2.75, 3.05) is 103 Å². The summed E-state index contributed by atoms with van der Waals surface area (Å²) < 4.78 is 35.2. The number of rotatable bonds is 27. The van der Waals surface area contributed by atoms with Crippen molar-refractivity contribution in [2.45, 2.75) is 44.7 Å². The Labute approximate surface area is 396 Å². The highest BCUT2D eigenvalue weighted by atomic mass is 32.2. The summed E-state index contributed by atoms with van der Waals surface area (Å²) in [7, 11) is 3.64. The molecule has 5 aromatic rings. The molecule has 3 aromatic heterocycles. The average molecular weight is 964 g/mol. The number of piperazine rings is 1. The van der Waals surface area contributed by atoms with Gasteiger partial charge < -0.3 is 53.8 Å². The third kappa shape index (κ3) is 17.7. The summed E-state index contributed by atoms with van der Waals surface area (Å²) in [4.78, 5) is 65.0. The van der Waals surface area contributed by atoms with Crippen molar-refractivity contribution in [3.63, 3.8) is 0 Å². The number of hydrogen-bond acceptors (Lipinski definition) is 17. The Balaban J connectivity index is 0.748. The van der Waals surface area contributed by atoms with E-state index in [2.05, 4.69) is 46.1 Å². The quantitative estimate of drug-likeness (QED) is 0.0335. The van der Waals surface area contributed by atoms with E-state index in [1.807, 2.05) is 43.1 Å². The monoisotopic (exact) mass is 963 g/mol. The molecule has 67 heavy (non-hydrogen) atoms. The molecular weight excluding hydrogens is 907 g/mol. The second-order valence-electron chi connectivity index (χ2n) is 15.1. The fraction of sp³-hybridized carbons (Fsp3) is 0.455. The molecule has 1 aliphatic heterocycles. The Hall–Kier alpha value is -5.95. The average Bonchev–Trinajstić information content (AvgIpc) is 3.99. The van der Waals surface area contributed by atoms with Gasteiger partial charge in [-0.05, 0) is 55.9 Å². The van der Waals surface area contributed by atoms with Crippen LogP contribution in [-0.4, -0.2) is 150 Å². The molecule has 23 heteroatoms. The number of nitrogens with zero attached hydrogens (tertiary/aromatic N) is 7. The van der Waals surface area contributed by atoms with E-state index in [0.29, 0.717) is 111 Å². The summed E-state index contributed by atoms with van der Waals surface area (Å²) in [6, 6.07) is 13.9. The third-order valence-corrected chi connectivity index (χ3v) is 12.0. The molecule has 0 saturated carbocycles. The van der Waals surface area contributed by atoms with Gasteiger partial charge in [0.1, 0.15) is 28.8 Å². The Bertz CT molecular complexity index is 2370. The normalized spacial score (nSPS) is 12.8. The second kappa shape index (κ2) is 27.0. The van der Waals surface area contributed by atoms with Gasteiger partial charge in [0.25, 0.3) is 0 Å². The molecule has 0 unspecified atom stereocenters. The van der Waals surface area contributed by atoms with Gasteiger partial charge in [-0.2, -0.15) is 4.98 Å². The number of aromatic amines is 1. The minimum absolute atomic E-state index is 0.0388. The number of nitrogens with one attached hydrogen (secondary N) is 4. The van der Waals surface area contributed by atoms with Crippen LogP contribution in [0.3, 0.4) is 0 Å². The number of anilines is 2. The van der Waals surface area contributed by atoms with Gasteiger partial charge in [0.05, 0.1) is 96.3 Å². The van der Waals surface area contributed by atoms with E-state index < -0.39 is 11.7 Å². The maximum atomic E-state index is 12.6. The minimum Gasteiger partial charge on any atom is -0.497 e. The molecular formula is C44H57N11O10S2.